The summed E-state index contributed by atoms with van der Waals surface area (Å²) >= 11 is 0. The third-order valence-corrected chi connectivity index (χ3v) is 7.08. The summed E-state index contributed by atoms with van der Waals surface area (Å²) in [6, 6.07) is 0.457. The first-order valence-corrected chi connectivity index (χ1v) is 9.57. The summed E-state index contributed by atoms with van der Waals surface area (Å²) in [7, 11) is -1.06. The highest BCUT2D eigenvalue weighted by Crippen LogP contribution is 2.33. The van der Waals surface area contributed by atoms with Gasteiger partial charge in [-0.2, -0.15) is 4.31 Å². The van der Waals surface area contributed by atoms with E-state index in [1.807, 2.05) is 6.20 Å². The van der Waals surface area contributed by atoms with Crippen molar-refractivity contribution < 1.29 is 8.42 Å². The van der Waals surface area contributed by atoms with Crippen LogP contribution in [-0.4, -0.2) is 58.6 Å². The summed E-state index contributed by atoms with van der Waals surface area (Å²) in [6.07, 6.45) is 5.35. The Morgan fingerprint density at radius 2 is 2.09 bits per heavy atom. The van der Waals surface area contributed by atoms with Crippen molar-refractivity contribution in [2.45, 2.75) is 51.1 Å². The number of fused-ring (bicyclic) bond motifs is 1. The van der Waals surface area contributed by atoms with Crippen LogP contribution in [0.4, 0.5) is 0 Å². The second-order valence-electron chi connectivity index (χ2n) is 6.93. The van der Waals surface area contributed by atoms with Gasteiger partial charge in [0.05, 0.1) is 11.8 Å². The van der Waals surface area contributed by atoms with Crippen LogP contribution in [0.5, 0.6) is 0 Å². The molecule has 0 bridgehead atoms. The van der Waals surface area contributed by atoms with E-state index in [-0.39, 0.29) is 11.2 Å². The zero-order chi connectivity index (χ0) is 15.9. The number of rotatable bonds is 5. The molecule has 1 aliphatic heterocycles. The van der Waals surface area contributed by atoms with Crippen molar-refractivity contribution in [2.75, 3.05) is 20.1 Å². The number of sulfonamides is 1. The summed E-state index contributed by atoms with van der Waals surface area (Å²) < 4.78 is 29.1. The molecule has 2 heterocycles. The van der Waals surface area contributed by atoms with Crippen LogP contribution in [0, 0.1) is 5.92 Å². The molecule has 0 radical (unpaired) electrons. The molecule has 124 valence electrons. The molecule has 0 spiro atoms. The standard InChI is InChI=1S/C15H26N4O2S/c1-12(2)17(3)8-13-9-18-7-6-16-15(18)11-19(10-13)22(20,21)14-4-5-14/h6-7,12-14H,4-5,8-11H2,1-3H3. The first kappa shape index (κ1) is 16.0. The molecule has 1 aromatic heterocycles. The van der Waals surface area contributed by atoms with Crippen molar-refractivity contribution in [1.82, 2.24) is 18.8 Å². The normalized spacial score (nSPS) is 23.8. The smallest absolute Gasteiger partial charge is 0.217 e. The van der Waals surface area contributed by atoms with Gasteiger partial charge in [-0.05, 0) is 33.7 Å². The molecule has 22 heavy (non-hydrogen) atoms. The fraction of sp³-hybridized carbons (Fsp3) is 0.800. The van der Waals surface area contributed by atoms with E-state index in [0.29, 0.717) is 19.1 Å². The number of aromatic nitrogens is 2. The quantitative estimate of drug-likeness (QED) is 0.814. The van der Waals surface area contributed by atoms with Crippen LogP contribution in [0.15, 0.2) is 12.4 Å². The number of hydrogen-bond acceptors (Lipinski definition) is 4. The summed E-state index contributed by atoms with van der Waals surface area (Å²) in [5.41, 5.74) is 0. The Hall–Kier alpha value is -0.920. The molecule has 7 heteroatoms. The van der Waals surface area contributed by atoms with Crippen LogP contribution in [0.3, 0.4) is 0 Å². The van der Waals surface area contributed by atoms with E-state index in [9.17, 15) is 8.42 Å². The summed E-state index contributed by atoms with van der Waals surface area (Å²) in [4.78, 5) is 6.64. The van der Waals surface area contributed by atoms with Gasteiger partial charge < -0.3 is 9.47 Å². The highest BCUT2D eigenvalue weighted by Gasteiger charge is 2.42. The Kier molecular flexibility index (Phi) is 4.31. The van der Waals surface area contributed by atoms with E-state index < -0.39 is 10.0 Å². The molecule has 0 N–H and O–H groups in total. The van der Waals surface area contributed by atoms with Crippen LogP contribution in [0.1, 0.15) is 32.5 Å². The van der Waals surface area contributed by atoms with E-state index in [2.05, 4.69) is 35.3 Å². The van der Waals surface area contributed by atoms with Gasteiger partial charge in [-0.1, -0.05) is 0 Å². The van der Waals surface area contributed by atoms with Crippen LogP contribution in [-0.2, 0) is 23.1 Å². The molecule has 6 nitrogen and oxygen atoms in total. The third-order valence-electron chi connectivity index (χ3n) is 4.77. The second kappa shape index (κ2) is 5.94. The Bertz CT molecular complexity index is 621. The molecular weight excluding hydrogens is 300 g/mol. The predicted octanol–water partition coefficient (Wildman–Crippen LogP) is 1.15. The minimum atomic E-state index is -3.16. The van der Waals surface area contributed by atoms with Gasteiger partial charge in [0.2, 0.25) is 10.0 Å². The summed E-state index contributed by atoms with van der Waals surface area (Å²) in [6.45, 7) is 7.07. The summed E-state index contributed by atoms with van der Waals surface area (Å²) in [5.74, 6) is 1.15. The van der Waals surface area contributed by atoms with Gasteiger partial charge in [0.25, 0.3) is 0 Å². The van der Waals surface area contributed by atoms with E-state index in [0.717, 1.165) is 31.8 Å². The first-order valence-electron chi connectivity index (χ1n) is 8.07. The zero-order valence-electron chi connectivity index (χ0n) is 13.6. The van der Waals surface area contributed by atoms with Crippen LogP contribution < -0.4 is 0 Å². The van der Waals surface area contributed by atoms with Crippen molar-refractivity contribution in [3.8, 4) is 0 Å². The van der Waals surface area contributed by atoms with E-state index in [1.165, 1.54) is 0 Å². The molecular formula is C15H26N4O2S. The zero-order valence-corrected chi connectivity index (χ0v) is 14.5. The van der Waals surface area contributed by atoms with Gasteiger partial charge in [0, 0.05) is 44.0 Å². The van der Waals surface area contributed by atoms with Crippen molar-refractivity contribution in [1.29, 1.82) is 0 Å². The maximum absolute atomic E-state index is 12.7. The maximum atomic E-state index is 12.7. The fourth-order valence-electron chi connectivity index (χ4n) is 3.01. The minimum absolute atomic E-state index is 0.155. The van der Waals surface area contributed by atoms with Gasteiger partial charge in [-0.15, -0.1) is 0 Å². The average molecular weight is 326 g/mol. The molecule has 3 rings (SSSR count). The molecule has 1 atom stereocenters. The van der Waals surface area contributed by atoms with Crippen molar-refractivity contribution in [3.63, 3.8) is 0 Å². The monoisotopic (exact) mass is 326 g/mol. The molecule has 2 aliphatic rings. The lowest BCUT2D eigenvalue weighted by molar-refractivity contribution is 0.203. The number of imidazole rings is 1. The first-order chi connectivity index (χ1) is 10.4. The van der Waals surface area contributed by atoms with Gasteiger partial charge in [0.15, 0.2) is 0 Å². The summed E-state index contributed by atoms with van der Waals surface area (Å²) in [5, 5.41) is -0.155. The average Bonchev–Trinajstić information content (AvgIpc) is 3.24. The Morgan fingerprint density at radius 1 is 1.36 bits per heavy atom. The second-order valence-corrected chi connectivity index (χ2v) is 9.15. The minimum Gasteiger partial charge on any atom is -0.333 e. The third kappa shape index (κ3) is 3.21. The van der Waals surface area contributed by atoms with Crippen LogP contribution in [0.2, 0.25) is 0 Å². The van der Waals surface area contributed by atoms with Gasteiger partial charge in [0.1, 0.15) is 5.82 Å². The molecule has 1 fully saturated rings. The molecule has 1 aliphatic carbocycles. The fourth-order valence-corrected chi connectivity index (χ4v) is 4.88. The van der Waals surface area contributed by atoms with Crippen molar-refractivity contribution in [3.05, 3.63) is 18.2 Å². The highest BCUT2D eigenvalue weighted by atomic mass is 32.2. The molecule has 1 aromatic rings. The van der Waals surface area contributed by atoms with E-state index in [1.54, 1.807) is 10.5 Å². The molecule has 1 saturated carbocycles. The Morgan fingerprint density at radius 3 is 2.73 bits per heavy atom. The van der Waals surface area contributed by atoms with Crippen molar-refractivity contribution in [2.24, 2.45) is 5.92 Å². The molecule has 0 amide bonds. The number of hydrogen-bond donors (Lipinski definition) is 0. The largest absolute Gasteiger partial charge is 0.333 e. The highest BCUT2D eigenvalue weighted by molar-refractivity contribution is 7.90. The Balaban J connectivity index is 1.83. The molecule has 0 saturated heterocycles. The van der Waals surface area contributed by atoms with Gasteiger partial charge in [-0.3, -0.25) is 0 Å². The maximum Gasteiger partial charge on any atom is 0.217 e. The van der Waals surface area contributed by atoms with Crippen molar-refractivity contribution >= 4 is 10.0 Å². The SMILES string of the molecule is CC(C)N(C)CC1CN(S(=O)(=O)C2CC2)Cc2nccn2C1. The van der Waals surface area contributed by atoms with Gasteiger partial charge >= 0.3 is 0 Å². The van der Waals surface area contributed by atoms with Gasteiger partial charge in [-0.25, -0.2) is 13.4 Å². The van der Waals surface area contributed by atoms with E-state index in [4.69, 9.17) is 0 Å². The molecule has 0 aromatic carbocycles. The number of nitrogens with zero attached hydrogens (tertiary/aromatic N) is 4. The Labute approximate surface area is 133 Å². The lowest BCUT2D eigenvalue weighted by atomic mass is 10.1. The van der Waals surface area contributed by atoms with Crippen LogP contribution >= 0.6 is 0 Å². The lowest BCUT2D eigenvalue weighted by Crippen LogP contribution is -2.40. The topological polar surface area (TPSA) is 58.4 Å². The predicted molar refractivity (Wildman–Crippen MR) is 85.8 cm³/mol. The molecule has 1 unspecified atom stereocenters. The van der Waals surface area contributed by atoms with E-state index >= 15 is 0 Å². The van der Waals surface area contributed by atoms with Crippen LogP contribution in [0.25, 0.3) is 0 Å². The lowest BCUT2D eigenvalue weighted by Gasteiger charge is -2.29.